The fourth-order valence-electron chi connectivity index (χ4n) is 3.07. The van der Waals surface area contributed by atoms with Crippen LogP contribution < -0.4 is 0 Å². The lowest BCUT2D eigenvalue weighted by molar-refractivity contribution is 0.0181. The number of thioether (sulfide) groups is 1. The van der Waals surface area contributed by atoms with Crippen molar-refractivity contribution in [2.75, 3.05) is 19.3 Å². The van der Waals surface area contributed by atoms with Gasteiger partial charge in [-0.15, -0.1) is 11.8 Å². The van der Waals surface area contributed by atoms with Crippen molar-refractivity contribution in [3.8, 4) is 0 Å². The Balaban J connectivity index is 1.72. The van der Waals surface area contributed by atoms with Gasteiger partial charge in [0.05, 0.1) is 5.02 Å². The number of hydrogen-bond acceptors (Lipinski definition) is 3. The lowest BCUT2D eigenvalue weighted by Gasteiger charge is -2.33. The van der Waals surface area contributed by atoms with E-state index in [1.807, 2.05) is 38.0 Å². The molecule has 0 saturated carbocycles. The van der Waals surface area contributed by atoms with Crippen LogP contribution in [0.4, 0.5) is 4.79 Å². The fourth-order valence-corrected chi connectivity index (χ4v) is 3.95. The molecule has 5 heteroatoms. The van der Waals surface area contributed by atoms with E-state index in [4.69, 9.17) is 16.3 Å². The van der Waals surface area contributed by atoms with Crippen molar-refractivity contribution in [3.05, 3.63) is 34.9 Å². The lowest BCUT2D eigenvalue weighted by atomic mass is 9.92. The maximum absolute atomic E-state index is 12.1. The number of piperidine rings is 1. The summed E-state index contributed by atoms with van der Waals surface area (Å²) in [6.45, 7) is 7.33. The molecule has 0 aromatic heterocycles. The molecule has 26 heavy (non-hydrogen) atoms. The van der Waals surface area contributed by atoms with Gasteiger partial charge in [0.15, 0.2) is 0 Å². The molecule has 1 aliphatic rings. The predicted molar refractivity (Wildman–Crippen MR) is 112 cm³/mol. The molecule has 3 nitrogen and oxygen atoms in total. The summed E-state index contributed by atoms with van der Waals surface area (Å²) in [5.74, 6) is 0.681. The van der Waals surface area contributed by atoms with Gasteiger partial charge in [0.2, 0.25) is 0 Å². The second-order valence-corrected chi connectivity index (χ2v) is 9.04. The first-order valence-corrected chi connectivity index (χ1v) is 10.9. The molecule has 0 N–H and O–H groups in total. The van der Waals surface area contributed by atoms with Gasteiger partial charge in [0.1, 0.15) is 5.60 Å². The van der Waals surface area contributed by atoms with Gasteiger partial charge in [-0.25, -0.2) is 4.79 Å². The molecule has 0 aliphatic carbocycles. The molecule has 0 radical (unpaired) electrons. The number of benzene rings is 1. The number of carbonyl (C=O) groups excluding carboxylic acids is 1. The number of likely N-dealkylation sites (tertiary alicyclic amines) is 1. The molecule has 1 heterocycles. The Bertz CT molecular complexity index is 631. The first-order chi connectivity index (χ1) is 12.3. The van der Waals surface area contributed by atoms with Gasteiger partial charge in [-0.2, -0.15) is 0 Å². The molecule has 0 atom stereocenters. The average molecular weight is 396 g/mol. The quantitative estimate of drug-likeness (QED) is 0.532. The van der Waals surface area contributed by atoms with Gasteiger partial charge in [-0.05, 0) is 76.3 Å². The standard InChI is InChI=1S/C21H30ClNO2S/c1-21(2,3)25-20(24)23-13-11-16(12-14-23)7-5-6-8-17-9-10-19(26-4)18(22)15-17/h6,8-10,15-16H,5,7,11-14H2,1-4H3. The van der Waals surface area contributed by atoms with Crippen LogP contribution in [-0.4, -0.2) is 35.9 Å². The Morgan fingerprint density at radius 3 is 2.62 bits per heavy atom. The SMILES string of the molecule is CSc1ccc(C=CCCC2CCN(C(=O)OC(C)(C)C)CC2)cc1Cl. The molecule has 1 aromatic carbocycles. The summed E-state index contributed by atoms with van der Waals surface area (Å²) in [7, 11) is 0. The Morgan fingerprint density at radius 2 is 2.04 bits per heavy atom. The lowest BCUT2D eigenvalue weighted by Crippen LogP contribution is -2.41. The first kappa shape index (κ1) is 21.2. The molecule has 1 amide bonds. The van der Waals surface area contributed by atoms with Crippen molar-refractivity contribution in [1.29, 1.82) is 0 Å². The zero-order chi connectivity index (χ0) is 19.2. The highest BCUT2D eigenvalue weighted by Gasteiger charge is 2.26. The normalized spacial score (nSPS) is 16.3. The molecule has 1 aromatic rings. The van der Waals surface area contributed by atoms with Crippen molar-refractivity contribution in [3.63, 3.8) is 0 Å². The summed E-state index contributed by atoms with van der Waals surface area (Å²) in [5, 5.41) is 0.814. The highest BCUT2D eigenvalue weighted by Crippen LogP contribution is 2.27. The summed E-state index contributed by atoms with van der Waals surface area (Å²) in [6, 6.07) is 6.19. The molecule has 2 rings (SSSR count). The summed E-state index contributed by atoms with van der Waals surface area (Å²) >= 11 is 7.91. The number of rotatable bonds is 5. The highest BCUT2D eigenvalue weighted by molar-refractivity contribution is 7.98. The minimum Gasteiger partial charge on any atom is -0.444 e. The van der Waals surface area contributed by atoms with E-state index in [-0.39, 0.29) is 6.09 Å². The van der Waals surface area contributed by atoms with Gasteiger partial charge < -0.3 is 9.64 Å². The van der Waals surface area contributed by atoms with Gasteiger partial charge in [-0.3, -0.25) is 0 Å². The monoisotopic (exact) mass is 395 g/mol. The summed E-state index contributed by atoms with van der Waals surface area (Å²) in [5.41, 5.74) is 0.725. The number of amides is 1. The fraction of sp³-hybridized carbons (Fsp3) is 0.571. The molecular weight excluding hydrogens is 366 g/mol. The van der Waals surface area contributed by atoms with E-state index in [1.165, 1.54) is 0 Å². The van der Waals surface area contributed by atoms with E-state index in [1.54, 1.807) is 11.8 Å². The maximum atomic E-state index is 12.1. The smallest absolute Gasteiger partial charge is 0.410 e. The molecule has 0 spiro atoms. The van der Waals surface area contributed by atoms with E-state index >= 15 is 0 Å². The van der Waals surface area contributed by atoms with Crippen LogP contribution in [0, 0.1) is 5.92 Å². The minimum absolute atomic E-state index is 0.179. The van der Waals surface area contributed by atoms with E-state index in [0.717, 1.165) is 54.3 Å². The second kappa shape index (κ2) is 9.70. The number of nitrogens with zero attached hydrogens (tertiary/aromatic N) is 1. The van der Waals surface area contributed by atoms with Crippen molar-refractivity contribution in [2.24, 2.45) is 5.92 Å². The maximum Gasteiger partial charge on any atom is 0.410 e. The topological polar surface area (TPSA) is 29.5 Å². The van der Waals surface area contributed by atoms with Crippen LogP contribution in [0.2, 0.25) is 5.02 Å². The van der Waals surface area contributed by atoms with Crippen LogP contribution in [0.25, 0.3) is 6.08 Å². The number of halogens is 1. The van der Waals surface area contributed by atoms with Crippen LogP contribution in [0.3, 0.4) is 0 Å². The second-order valence-electron chi connectivity index (χ2n) is 7.78. The number of hydrogen-bond donors (Lipinski definition) is 0. The van der Waals surface area contributed by atoms with Crippen LogP contribution in [0.1, 0.15) is 52.0 Å². The van der Waals surface area contributed by atoms with Crippen LogP contribution in [0.5, 0.6) is 0 Å². The summed E-state index contributed by atoms with van der Waals surface area (Å²) < 4.78 is 5.45. The summed E-state index contributed by atoms with van der Waals surface area (Å²) in [6.07, 6.45) is 10.6. The molecule has 1 fully saturated rings. The van der Waals surface area contributed by atoms with Crippen molar-refractivity contribution in [2.45, 2.75) is 57.0 Å². The molecule has 144 valence electrons. The van der Waals surface area contributed by atoms with Crippen molar-refractivity contribution in [1.82, 2.24) is 4.90 Å². The Hall–Kier alpha value is -1.13. The van der Waals surface area contributed by atoms with E-state index in [0.29, 0.717) is 5.92 Å². The van der Waals surface area contributed by atoms with E-state index < -0.39 is 5.60 Å². The van der Waals surface area contributed by atoms with Gasteiger partial charge in [0, 0.05) is 18.0 Å². The van der Waals surface area contributed by atoms with Crippen LogP contribution in [0.15, 0.2) is 29.2 Å². The van der Waals surface area contributed by atoms with Gasteiger partial charge in [-0.1, -0.05) is 29.8 Å². The third-order valence-electron chi connectivity index (χ3n) is 4.49. The number of ether oxygens (including phenoxy) is 1. The highest BCUT2D eigenvalue weighted by atomic mass is 35.5. The Kier molecular flexibility index (Phi) is 7.90. The minimum atomic E-state index is -0.421. The molecule has 1 saturated heterocycles. The van der Waals surface area contributed by atoms with E-state index in [2.05, 4.69) is 24.3 Å². The molecular formula is C21H30ClNO2S. The van der Waals surface area contributed by atoms with Gasteiger partial charge >= 0.3 is 6.09 Å². The predicted octanol–water partition coefficient (Wildman–Crippen LogP) is 6.50. The number of allylic oxidation sites excluding steroid dienone is 1. The van der Waals surface area contributed by atoms with E-state index in [9.17, 15) is 4.79 Å². The van der Waals surface area contributed by atoms with Gasteiger partial charge in [0.25, 0.3) is 0 Å². The van der Waals surface area contributed by atoms with Crippen LogP contribution >= 0.6 is 23.4 Å². The molecule has 0 unspecified atom stereocenters. The van der Waals surface area contributed by atoms with Crippen molar-refractivity contribution >= 4 is 35.5 Å². The third kappa shape index (κ3) is 6.88. The largest absolute Gasteiger partial charge is 0.444 e. The number of carbonyl (C=O) groups is 1. The average Bonchev–Trinajstić information content (AvgIpc) is 2.58. The third-order valence-corrected chi connectivity index (χ3v) is 5.71. The van der Waals surface area contributed by atoms with Crippen molar-refractivity contribution < 1.29 is 9.53 Å². The Morgan fingerprint density at radius 1 is 1.35 bits per heavy atom. The Labute approximate surface area is 167 Å². The van der Waals surface area contributed by atoms with Crippen LogP contribution in [-0.2, 0) is 4.74 Å². The molecule has 0 bridgehead atoms. The zero-order valence-electron chi connectivity index (χ0n) is 16.3. The summed E-state index contributed by atoms with van der Waals surface area (Å²) in [4.78, 5) is 15.0. The molecule has 1 aliphatic heterocycles. The first-order valence-electron chi connectivity index (χ1n) is 9.26. The zero-order valence-corrected chi connectivity index (χ0v) is 17.8.